The van der Waals surface area contributed by atoms with Gasteiger partial charge >= 0.3 is 0 Å². The first kappa shape index (κ1) is 16.1. The van der Waals surface area contributed by atoms with Crippen LogP contribution in [-0.2, 0) is 9.68 Å². The van der Waals surface area contributed by atoms with Crippen LogP contribution in [0.25, 0.3) is 21.9 Å². The third kappa shape index (κ3) is 2.70. The van der Waals surface area contributed by atoms with Crippen LogP contribution < -0.4 is 5.23 Å². The Bertz CT molecular complexity index is 909. The van der Waals surface area contributed by atoms with Crippen LogP contribution in [0.15, 0.2) is 66.7 Å². The largest absolute Gasteiger partial charge is 0.239 e. The number of rotatable bonds is 2. The predicted molar refractivity (Wildman–Crippen MR) is 102 cm³/mol. The van der Waals surface area contributed by atoms with Gasteiger partial charge in [-0.15, -0.1) is 5.23 Å². The lowest BCUT2D eigenvalue weighted by Gasteiger charge is -2.26. The first-order valence-corrected chi connectivity index (χ1v) is 8.64. The van der Waals surface area contributed by atoms with Gasteiger partial charge in [0.1, 0.15) is 11.2 Å². The third-order valence-electron chi connectivity index (χ3n) is 5.23. The van der Waals surface area contributed by atoms with Crippen molar-refractivity contribution in [2.75, 3.05) is 5.23 Å². The molecule has 0 radical (unpaired) electrons. The highest BCUT2D eigenvalue weighted by atomic mass is 17.0. The summed E-state index contributed by atoms with van der Waals surface area (Å²) in [5, 5.41) is 4.03. The molecule has 0 amide bonds. The number of benzene rings is 3. The zero-order valence-corrected chi connectivity index (χ0v) is 15.1. The molecule has 1 heterocycles. The van der Waals surface area contributed by atoms with Crippen molar-refractivity contribution in [2.24, 2.45) is 0 Å². The molecular weight excluding hydrogens is 310 g/mol. The maximum atomic E-state index is 6.04. The summed E-state index contributed by atoms with van der Waals surface area (Å²) in [5.74, 6) is 0. The summed E-state index contributed by atoms with van der Waals surface area (Å²) in [5.41, 5.74) is 2.44. The molecule has 0 saturated carbocycles. The van der Waals surface area contributed by atoms with Crippen molar-refractivity contribution >= 4 is 16.5 Å². The van der Waals surface area contributed by atoms with Gasteiger partial charge in [0.05, 0.1) is 5.69 Å². The molecule has 1 aliphatic rings. The first-order valence-electron chi connectivity index (χ1n) is 8.64. The standard InChI is InChI=1S/C22H23NO2/c1-21(2)22(3,4)25-23(24-21)18-12-7-11-17(15-18)20-14-8-10-16-9-5-6-13-19(16)20/h5-15H,1-4H3. The Hall–Kier alpha value is -2.36. The summed E-state index contributed by atoms with van der Waals surface area (Å²) in [4.78, 5) is 12.1. The summed E-state index contributed by atoms with van der Waals surface area (Å²) in [6.07, 6.45) is 0. The minimum absolute atomic E-state index is 0.400. The van der Waals surface area contributed by atoms with Gasteiger partial charge in [0.25, 0.3) is 0 Å². The second kappa shape index (κ2) is 5.58. The van der Waals surface area contributed by atoms with Crippen molar-refractivity contribution < 1.29 is 9.68 Å². The molecule has 3 aromatic rings. The van der Waals surface area contributed by atoms with Crippen LogP contribution in [0.2, 0.25) is 0 Å². The monoisotopic (exact) mass is 333 g/mol. The molecule has 0 unspecified atom stereocenters. The quantitative estimate of drug-likeness (QED) is 0.596. The molecule has 1 aliphatic heterocycles. The Morgan fingerprint density at radius 2 is 1.36 bits per heavy atom. The topological polar surface area (TPSA) is 21.7 Å². The van der Waals surface area contributed by atoms with E-state index in [2.05, 4.69) is 54.6 Å². The highest BCUT2D eigenvalue weighted by Gasteiger charge is 2.50. The van der Waals surface area contributed by atoms with Gasteiger partial charge in [-0.1, -0.05) is 54.6 Å². The van der Waals surface area contributed by atoms with Gasteiger partial charge in [-0.2, -0.15) is 0 Å². The lowest BCUT2D eigenvalue weighted by atomic mass is 9.90. The van der Waals surface area contributed by atoms with Crippen molar-refractivity contribution in [2.45, 2.75) is 38.9 Å². The molecule has 1 saturated heterocycles. The van der Waals surface area contributed by atoms with Crippen LogP contribution in [0.1, 0.15) is 27.7 Å². The lowest BCUT2D eigenvalue weighted by Crippen LogP contribution is -2.41. The maximum Gasteiger partial charge on any atom is 0.124 e. The SMILES string of the molecule is CC1(C)ON(c2cccc(-c3cccc4ccccc34)c2)OC1(C)C. The zero-order valence-electron chi connectivity index (χ0n) is 15.1. The van der Waals surface area contributed by atoms with Gasteiger partial charge in [0.2, 0.25) is 0 Å². The minimum atomic E-state index is -0.400. The molecular formula is C22H23NO2. The summed E-state index contributed by atoms with van der Waals surface area (Å²) in [6, 6.07) is 23.1. The van der Waals surface area contributed by atoms with Gasteiger partial charge in [-0.3, -0.25) is 0 Å². The van der Waals surface area contributed by atoms with E-state index >= 15 is 0 Å². The number of anilines is 1. The smallest absolute Gasteiger partial charge is 0.124 e. The van der Waals surface area contributed by atoms with Crippen LogP contribution in [0.4, 0.5) is 5.69 Å². The molecule has 1 fully saturated rings. The number of hydrogen-bond acceptors (Lipinski definition) is 3. The maximum absolute atomic E-state index is 6.04. The molecule has 0 aliphatic carbocycles. The Morgan fingerprint density at radius 3 is 2.12 bits per heavy atom. The van der Waals surface area contributed by atoms with Gasteiger partial charge in [0.15, 0.2) is 0 Å². The van der Waals surface area contributed by atoms with E-state index in [4.69, 9.17) is 9.68 Å². The highest BCUT2D eigenvalue weighted by molar-refractivity contribution is 5.97. The summed E-state index contributed by atoms with van der Waals surface area (Å²) in [6.45, 7) is 8.17. The van der Waals surface area contributed by atoms with E-state index in [0.717, 1.165) is 11.3 Å². The van der Waals surface area contributed by atoms with E-state index < -0.39 is 11.2 Å². The Labute approximate surface area is 148 Å². The van der Waals surface area contributed by atoms with Crippen molar-refractivity contribution in [1.82, 2.24) is 0 Å². The third-order valence-corrected chi connectivity index (χ3v) is 5.23. The van der Waals surface area contributed by atoms with Gasteiger partial charge in [0, 0.05) is 0 Å². The van der Waals surface area contributed by atoms with Gasteiger partial charge in [-0.05, 0) is 61.7 Å². The van der Waals surface area contributed by atoms with Crippen molar-refractivity contribution in [1.29, 1.82) is 0 Å². The normalized spacial score (nSPS) is 18.6. The Balaban J connectivity index is 1.76. The zero-order chi connectivity index (χ0) is 17.7. The van der Waals surface area contributed by atoms with Crippen LogP contribution >= 0.6 is 0 Å². The molecule has 0 bridgehead atoms. The molecule has 4 rings (SSSR count). The first-order chi connectivity index (χ1) is 11.9. The van der Waals surface area contributed by atoms with E-state index in [9.17, 15) is 0 Å². The van der Waals surface area contributed by atoms with Crippen molar-refractivity contribution in [3.63, 3.8) is 0 Å². The molecule has 0 N–H and O–H groups in total. The molecule has 25 heavy (non-hydrogen) atoms. The molecule has 128 valence electrons. The summed E-state index contributed by atoms with van der Waals surface area (Å²) >= 11 is 0. The number of nitrogens with zero attached hydrogens (tertiary/aromatic N) is 1. The van der Waals surface area contributed by atoms with E-state index in [1.165, 1.54) is 16.3 Å². The molecule has 0 spiro atoms. The summed E-state index contributed by atoms with van der Waals surface area (Å²) < 4.78 is 0. The van der Waals surface area contributed by atoms with Crippen molar-refractivity contribution in [3.8, 4) is 11.1 Å². The minimum Gasteiger partial charge on any atom is -0.239 e. The molecule has 3 nitrogen and oxygen atoms in total. The fraction of sp³-hybridized carbons (Fsp3) is 0.273. The summed E-state index contributed by atoms with van der Waals surface area (Å²) in [7, 11) is 0. The highest BCUT2D eigenvalue weighted by Crippen LogP contribution is 2.41. The van der Waals surface area contributed by atoms with Crippen molar-refractivity contribution in [3.05, 3.63) is 66.7 Å². The van der Waals surface area contributed by atoms with Gasteiger partial charge < -0.3 is 0 Å². The average molecular weight is 333 g/mol. The number of fused-ring (bicyclic) bond motifs is 1. The number of hydrogen-bond donors (Lipinski definition) is 0. The van der Waals surface area contributed by atoms with E-state index in [1.54, 1.807) is 5.23 Å². The van der Waals surface area contributed by atoms with Crippen LogP contribution in [0.3, 0.4) is 0 Å². The molecule has 3 aromatic carbocycles. The lowest BCUT2D eigenvalue weighted by molar-refractivity contribution is -0.0272. The fourth-order valence-corrected chi connectivity index (χ4v) is 3.02. The van der Waals surface area contributed by atoms with Crippen LogP contribution in [0, 0.1) is 0 Å². The molecule has 0 atom stereocenters. The predicted octanol–water partition coefficient (Wildman–Crippen LogP) is 5.75. The fourth-order valence-electron chi connectivity index (χ4n) is 3.02. The molecule has 0 aromatic heterocycles. The van der Waals surface area contributed by atoms with Gasteiger partial charge in [-0.25, -0.2) is 9.68 Å². The van der Waals surface area contributed by atoms with E-state index in [1.807, 2.05) is 39.8 Å². The second-order valence-electron chi connectivity index (χ2n) is 7.54. The Morgan fingerprint density at radius 1 is 0.720 bits per heavy atom. The van der Waals surface area contributed by atoms with Crippen LogP contribution in [0.5, 0.6) is 0 Å². The van der Waals surface area contributed by atoms with E-state index in [0.29, 0.717) is 0 Å². The Kier molecular flexibility index (Phi) is 3.60. The molecule has 3 heteroatoms. The average Bonchev–Trinajstić information content (AvgIpc) is 2.82. The van der Waals surface area contributed by atoms with E-state index in [-0.39, 0.29) is 0 Å². The second-order valence-corrected chi connectivity index (χ2v) is 7.54. The van der Waals surface area contributed by atoms with Crippen LogP contribution in [-0.4, -0.2) is 11.2 Å².